The van der Waals surface area contributed by atoms with E-state index in [0.717, 1.165) is 0 Å². The maximum absolute atomic E-state index is 12.5. The highest BCUT2D eigenvalue weighted by Gasteiger charge is 2.32. The predicted octanol–water partition coefficient (Wildman–Crippen LogP) is 1.12. The highest BCUT2D eigenvalue weighted by atomic mass is 32.1. The van der Waals surface area contributed by atoms with E-state index in [2.05, 4.69) is 11.9 Å². The maximum Gasteiger partial charge on any atom is 0.266 e. The van der Waals surface area contributed by atoms with Crippen LogP contribution in [0.4, 0.5) is 0 Å². The highest BCUT2D eigenvalue weighted by molar-refractivity contribution is 7.80. The van der Waals surface area contributed by atoms with E-state index in [-0.39, 0.29) is 28.6 Å². The van der Waals surface area contributed by atoms with Gasteiger partial charge in [0, 0.05) is 12.1 Å². The molecular formula is C19H13N2O5S-. The van der Waals surface area contributed by atoms with Crippen molar-refractivity contribution < 1.29 is 23.9 Å². The number of rotatable bonds is 5. The summed E-state index contributed by atoms with van der Waals surface area (Å²) < 4.78 is 5.63. The molecule has 136 valence electrons. The van der Waals surface area contributed by atoms with Crippen LogP contribution in [0.15, 0.2) is 59.0 Å². The number of thiocarbonyl (C=S) groups is 1. The van der Waals surface area contributed by atoms with Crippen LogP contribution in [-0.4, -0.2) is 34.3 Å². The second-order valence-electron chi connectivity index (χ2n) is 5.59. The Balaban J connectivity index is 1.92. The van der Waals surface area contributed by atoms with E-state index in [1.54, 1.807) is 24.3 Å². The Hall–Kier alpha value is -3.52. The smallest absolute Gasteiger partial charge is 0.266 e. The van der Waals surface area contributed by atoms with Gasteiger partial charge in [0.2, 0.25) is 0 Å². The number of aromatic carboxylic acids is 1. The van der Waals surface area contributed by atoms with Crippen LogP contribution in [0.25, 0.3) is 17.4 Å². The Morgan fingerprint density at radius 1 is 1.30 bits per heavy atom. The molecule has 1 N–H and O–H groups in total. The number of benzene rings is 1. The zero-order valence-electron chi connectivity index (χ0n) is 13.9. The molecule has 1 fully saturated rings. The Labute approximate surface area is 159 Å². The minimum atomic E-state index is -1.30. The minimum absolute atomic E-state index is 0.0132. The van der Waals surface area contributed by atoms with E-state index in [1.165, 1.54) is 29.2 Å². The zero-order valence-corrected chi connectivity index (χ0v) is 14.7. The van der Waals surface area contributed by atoms with Crippen molar-refractivity contribution in [2.75, 3.05) is 6.54 Å². The number of nitrogens with one attached hydrogen (secondary N) is 1. The summed E-state index contributed by atoms with van der Waals surface area (Å²) in [6, 6.07) is 9.23. The maximum atomic E-state index is 12.5. The van der Waals surface area contributed by atoms with Gasteiger partial charge in [-0.1, -0.05) is 24.3 Å². The van der Waals surface area contributed by atoms with Crippen molar-refractivity contribution in [2.24, 2.45) is 0 Å². The van der Waals surface area contributed by atoms with Crippen LogP contribution in [0.1, 0.15) is 16.1 Å². The quantitative estimate of drug-likeness (QED) is 0.360. The number of hydrogen-bond acceptors (Lipinski definition) is 6. The molecule has 0 bridgehead atoms. The van der Waals surface area contributed by atoms with Crippen LogP contribution in [0.2, 0.25) is 0 Å². The van der Waals surface area contributed by atoms with E-state index in [9.17, 15) is 19.5 Å². The first-order valence-electron chi connectivity index (χ1n) is 7.82. The summed E-state index contributed by atoms with van der Waals surface area (Å²) in [6.45, 7) is 3.72. The fourth-order valence-electron chi connectivity index (χ4n) is 2.52. The van der Waals surface area contributed by atoms with Crippen LogP contribution in [-0.2, 0) is 9.59 Å². The molecule has 2 amide bonds. The SMILES string of the molecule is C=CCN1C(=O)/C(=C\c2ccc(-c3cccc(C(=O)[O-])c3)o2)C(=O)NC1=S. The Kier molecular flexibility index (Phi) is 5.00. The van der Waals surface area contributed by atoms with Crippen molar-refractivity contribution in [1.29, 1.82) is 0 Å². The van der Waals surface area contributed by atoms with Gasteiger partial charge in [-0.15, -0.1) is 6.58 Å². The first kappa shape index (κ1) is 18.3. The molecule has 1 aromatic heterocycles. The molecule has 1 aromatic carbocycles. The second-order valence-corrected chi connectivity index (χ2v) is 5.98. The molecular weight excluding hydrogens is 368 g/mol. The van der Waals surface area contributed by atoms with E-state index in [4.69, 9.17) is 16.6 Å². The van der Waals surface area contributed by atoms with Crippen molar-refractivity contribution in [3.63, 3.8) is 0 Å². The fraction of sp³-hybridized carbons (Fsp3) is 0.0526. The molecule has 0 spiro atoms. The predicted molar refractivity (Wildman–Crippen MR) is 99.1 cm³/mol. The summed E-state index contributed by atoms with van der Waals surface area (Å²) in [4.78, 5) is 36.8. The molecule has 1 saturated heterocycles. The molecule has 0 atom stereocenters. The van der Waals surface area contributed by atoms with E-state index >= 15 is 0 Å². The topological polar surface area (TPSA) is 103 Å². The van der Waals surface area contributed by atoms with Gasteiger partial charge in [-0.05, 0) is 42.1 Å². The molecule has 8 heteroatoms. The lowest BCUT2D eigenvalue weighted by Crippen LogP contribution is -2.53. The summed E-state index contributed by atoms with van der Waals surface area (Å²) in [5.74, 6) is -1.84. The minimum Gasteiger partial charge on any atom is -0.545 e. The number of carboxylic acid groups (broad SMARTS) is 1. The number of carbonyl (C=O) groups is 3. The molecule has 7 nitrogen and oxygen atoms in total. The number of amides is 2. The Morgan fingerprint density at radius 2 is 2.07 bits per heavy atom. The monoisotopic (exact) mass is 381 g/mol. The molecule has 2 aromatic rings. The summed E-state index contributed by atoms with van der Waals surface area (Å²) in [6.07, 6.45) is 2.80. The Morgan fingerprint density at radius 3 is 2.78 bits per heavy atom. The average molecular weight is 381 g/mol. The standard InChI is InChI=1S/C19H14N2O5S/c1-2-8-21-17(23)14(16(22)20-19(21)27)10-13-6-7-15(26-13)11-4-3-5-12(9-11)18(24)25/h2-7,9-10H,1,8H2,(H,24,25)(H,20,22,27)/p-1/b14-10-. The number of hydrogen-bond donors (Lipinski definition) is 1. The van der Waals surface area contributed by atoms with E-state index in [1.807, 2.05) is 0 Å². The zero-order chi connectivity index (χ0) is 19.6. The number of carbonyl (C=O) groups excluding carboxylic acids is 3. The largest absolute Gasteiger partial charge is 0.545 e. The van der Waals surface area contributed by atoms with Gasteiger partial charge in [0.1, 0.15) is 17.1 Å². The van der Waals surface area contributed by atoms with Crippen molar-refractivity contribution in [2.45, 2.75) is 0 Å². The van der Waals surface area contributed by atoms with Gasteiger partial charge in [0.15, 0.2) is 5.11 Å². The first-order valence-corrected chi connectivity index (χ1v) is 8.23. The highest BCUT2D eigenvalue weighted by Crippen LogP contribution is 2.25. The van der Waals surface area contributed by atoms with Crippen molar-refractivity contribution in [3.8, 4) is 11.3 Å². The number of furan rings is 1. The van der Waals surface area contributed by atoms with Crippen LogP contribution < -0.4 is 10.4 Å². The summed E-state index contributed by atoms with van der Waals surface area (Å²) in [7, 11) is 0. The third kappa shape index (κ3) is 3.70. The lowest BCUT2D eigenvalue weighted by molar-refractivity contribution is -0.255. The third-order valence-corrected chi connectivity index (χ3v) is 4.12. The van der Waals surface area contributed by atoms with Gasteiger partial charge < -0.3 is 14.3 Å². The summed E-state index contributed by atoms with van der Waals surface area (Å²) in [5, 5.41) is 13.4. The van der Waals surface area contributed by atoms with Crippen molar-refractivity contribution >= 4 is 41.2 Å². The van der Waals surface area contributed by atoms with Crippen LogP contribution in [0.5, 0.6) is 0 Å². The van der Waals surface area contributed by atoms with Gasteiger partial charge in [-0.2, -0.15) is 0 Å². The lowest BCUT2D eigenvalue weighted by atomic mass is 10.1. The fourth-order valence-corrected chi connectivity index (χ4v) is 2.77. The van der Waals surface area contributed by atoms with Crippen molar-refractivity contribution in [1.82, 2.24) is 10.2 Å². The van der Waals surface area contributed by atoms with Gasteiger partial charge in [0.25, 0.3) is 11.8 Å². The van der Waals surface area contributed by atoms with Crippen LogP contribution in [0, 0.1) is 0 Å². The molecule has 27 heavy (non-hydrogen) atoms. The first-order chi connectivity index (χ1) is 12.9. The summed E-state index contributed by atoms with van der Waals surface area (Å²) in [5.41, 5.74) is 0.407. The number of nitrogens with zero attached hydrogens (tertiary/aromatic N) is 1. The second kappa shape index (κ2) is 7.38. The average Bonchev–Trinajstić information content (AvgIpc) is 3.11. The number of carboxylic acids is 1. The molecule has 1 aliphatic rings. The third-order valence-electron chi connectivity index (χ3n) is 3.79. The lowest BCUT2D eigenvalue weighted by Gasteiger charge is -2.27. The van der Waals surface area contributed by atoms with E-state index in [0.29, 0.717) is 11.3 Å². The molecule has 0 saturated carbocycles. The molecule has 2 heterocycles. The molecule has 0 radical (unpaired) electrons. The Bertz CT molecular complexity index is 1010. The van der Waals surface area contributed by atoms with Crippen molar-refractivity contribution in [3.05, 3.63) is 65.9 Å². The van der Waals surface area contributed by atoms with Gasteiger partial charge in [-0.3, -0.25) is 19.8 Å². The molecule has 0 aliphatic carbocycles. The van der Waals surface area contributed by atoms with Gasteiger partial charge in [-0.25, -0.2) is 0 Å². The summed E-state index contributed by atoms with van der Waals surface area (Å²) >= 11 is 4.99. The van der Waals surface area contributed by atoms with Gasteiger partial charge in [0.05, 0.1) is 5.97 Å². The van der Waals surface area contributed by atoms with Crippen LogP contribution >= 0.6 is 12.2 Å². The van der Waals surface area contributed by atoms with Gasteiger partial charge >= 0.3 is 0 Å². The normalized spacial score (nSPS) is 15.8. The molecule has 3 rings (SSSR count). The van der Waals surface area contributed by atoms with Crippen LogP contribution in [0.3, 0.4) is 0 Å². The molecule has 0 unspecified atom stereocenters. The van der Waals surface area contributed by atoms with E-state index < -0.39 is 17.8 Å². The molecule has 1 aliphatic heterocycles.